The second-order valence-electron chi connectivity index (χ2n) is 7.01. The molecule has 0 nitrogen and oxygen atoms in total. The molecule has 0 bridgehead atoms. The SMILES string of the molecule is CCC(C)CCC1CCC(CC2CCC2)CC1. The van der Waals surface area contributed by atoms with Crippen LogP contribution in [0.25, 0.3) is 0 Å². The van der Waals surface area contributed by atoms with Gasteiger partial charge in [-0.05, 0) is 30.1 Å². The van der Waals surface area contributed by atoms with E-state index >= 15 is 0 Å². The molecule has 0 heterocycles. The molecule has 0 N–H and O–H groups in total. The molecule has 2 saturated carbocycles. The van der Waals surface area contributed by atoms with Gasteiger partial charge >= 0.3 is 0 Å². The fourth-order valence-corrected chi connectivity index (χ4v) is 3.68. The van der Waals surface area contributed by atoms with Gasteiger partial charge in [0, 0.05) is 0 Å². The summed E-state index contributed by atoms with van der Waals surface area (Å²) >= 11 is 0. The molecule has 0 radical (unpaired) electrons. The van der Waals surface area contributed by atoms with Crippen LogP contribution in [-0.2, 0) is 0 Å². The summed E-state index contributed by atoms with van der Waals surface area (Å²) in [4.78, 5) is 0. The summed E-state index contributed by atoms with van der Waals surface area (Å²) in [6, 6.07) is 0. The average Bonchev–Trinajstić information content (AvgIpc) is 2.32. The van der Waals surface area contributed by atoms with Gasteiger partial charge in [0.05, 0.1) is 0 Å². The van der Waals surface area contributed by atoms with E-state index in [-0.39, 0.29) is 0 Å². The third-order valence-electron chi connectivity index (χ3n) is 5.62. The van der Waals surface area contributed by atoms with Crippen molar-refractivity contribution in [1.29, 1.82) is 0 Å². The van der Waals surface area contributed by atoms with Gasteiger partial charge in [-0.15, -0.1) is 0 Å². The fraction of sp³-hybridized carbons (Fsp3) is 1.00. The predicted octanol–water partition coefficient (Wildman–Crippen LogP) is 5.81. The van der Waals surface area contributed by atoms with Gasteiger partial charge in [-0.3, -0.25) is 0 Å². The van der Waals surface area contributed by atoms with Gasteiger partial charge in [-0.2, -0.15) is 0 Å². The van der Waals surface area contributed by atoms with Crippen molar-refractivity contribution in [2.45, 2.75) is 84.5 Å². The molecule has 2 aliphatic carbocycles. The monoisotopic (exact) mass is 236 g/mol. The number of rotatable bonds is 6. The van der Waals surface area contributed by atoms with Crippen LogP contribution in [0, 0.1) is 23.7 Å². The second-order valence-corrected chi connectivity index (χ2v) is 7.01. The van der Waals surface area contributed by atoms with E-state index < -0.39 is 0 Å². The number of hydrogen-bond donors (Lipinski definition) is 0. The Balaban J connectivity index is 1.57. The standard InChI is InChI=1S/C17H32/c1-3-14(2)7-8-15-9-11-17(12-10-15)13-16-5-4-6-16/h14-17H,3-13H2,1-2H3. The van der Waals surface area contributed by atoms with Crippen LogP contribution in [0.1, 0.15) is 84.5 Å². The summed E-state index contributed by atoms with van der Waals surface area (Å²) in [6.45, 7) is 4.75. The third-order valence-corrected chi connectivity index (χ3v) is 5.62. The Morgan fingerprint density at radius 3 is 2.00 bits per heavy atom. The van der Waals surface area contributed by atoms with Gasteiger partial charge in [0.2, 0.25) is 0 Å². The maximum absolute atomic E-state index is 2.42. The normalized spacial score (nSPS) is 32.1. The van der Waals surface area contributed by atoms with E-state index in [0.717, 1.165) is 23.7 Å². The second kappa shape index (κ2) is 6.81. The van der Waals surface area contributed by atoms with E-state index in [4.69, 9.17) is 0 Å². The fourth-order valence-electron chi connectivity index (χ4n) is 3.68. The minimum Gasteiger partial charge on any atom is -0.0651 e. The van der Waals surface area contributed by atoms with Crippen LogP contribution in [-0.4, -0.2) is 0 Å². The molecule has 0 saturated heterocycles. The van der Waals surface area contributed by atoms with Crippen LogP contribution in [0.4, 0.5) is 0 Å². The first-order chi connectivity index (χ1) is 8.28. The van der Waals surface area contributed by atoms with Crippen LogP contribution < -0.4 is 0 Å². The van der Waals surface area contributed by atoms with E-state index in [9.17, 15) is 0 Å². The predicted molar refractivity (Wildman–Crippen MR) is 76.1 cm³/mol. The summed E-state index contributed by atoms with van der Waals surface area (Å²) < 4.78 is 0. The van der Waals surface area contributed by atoms with Gasteiger partial charge in [-0.25, -0.2) is 0 Å². The first-order valence-corrected chi connectivity index (χ1v) is 8.28. The van der Waals surface area contributed by atoms with Crippen molar-refractivity contribution in [3.63, 3.8) is 0 Å². The molecule has 0 aromatic heterocycles. The van der Waals surface area contributed by atoms with E-state index in [0.29, 0.717) is 0 Å². The lowest BCUT2D eigenvalue weighted by Crippen LogP contribution is -2.20. The zero-order valence-corrected chi connectivity index (χ0v) is 12.1. The highest BCUT2D eigenvalue weighted by molar-refractivity contribution is 4.78. The molecule has 100 valence electrons. The molecule has 17 heavy (non-hydrogen) atoms. The maximum atomic E-state index is 2.42. The molecule has 0 aromatic carbocycles. The Hall–Kier alpha value is 0. The lowest BCUT2D eigenvalue weighted by molar-refractivity contribution is 0.183. The summed E-state index contributed by atoms with van der Waals surface area (Å²) in [7, 11) is 0. The molecular formula is C17H32. The van der Waals surface area contributed by atoms with Gasteiger partial charge in [0.1, 0.15) is 0 Å². The Morgan fingerprint density at radius 2 is 1.47 bits per heavy atom. The van der Waals surface area contributed by atoms with Crippen molar-refractivity contribution in [2.75, 3.05) is 0 Å². The highest BCUT2D eigenvalue weighted by Crippen LogP contribution is 2.40. The zero-order valence-electron chi connectivity index (χ0n) is 12.1. The minimum absolute atomic E-state index is 0.961. The first kappa shape index (κ1) is 13.4. The molecule has 0 heteroatoms. The first-order valence-electron chi connectivity index (χ1n) is 8.28. The smallest absolute Gasteiger partial charge is 0.0411 e. The quantitative estimate of drug-likeness (QED) is 0.546. The van der Waals surface area contributed by atoms with Crippen molar-refractivity contribution >= 4 is 0 Å². The Morgan fingerprint density at radius 1 is 0.882 bits per heavy atom. The van der Waals surface area contributed by atoms with Crippen molar-refractivity contribution < 1.29 is 0 Å². The van der Waals surface area contributed by atoms with Crippen molar-refractivity contribution in [1.82, 2.24) is 0 Å². The average molecular weight is 236 g/mol. The van der Waals surface area contributed by atoms with E-state index in [1.54, 1.807) is 44.9 Å². The molecule has 1 unspecified atom stereocenters. The Kier molecular flexibility index (Phi) is 5.38. The molecule has 2 aliphatic rings. The van der Waals surface area contributed by atoms with Crippen molar-refractivity contribution in [3.05, 3.63) is 0 Å². The van der Waals surface area contributed by atoms with Crippen LogP contribution in [0.3, 0.4) is 0 Å². The maximum Gasteiger partial charge on any atom is -0.0411 e. The highest BCUT2D eigenvalue weighted by Gasteiger charge is 2.26. The summed E-state index contributed by atoms with van der Waals surface area (Å²) in [5.41, 5.74) is 0. The van der Waals surface area contributed by atoms with E-state index in [1.165, 1.54) is 25.7 Å². The highest BCUT2D eigenvalue weighted by atomic mass is 14.3. The van der Waals surface area contributed by atoms with Gasteiger partial charge < -0.3 is 0 Å². The van der Waals surface area contributed by atoms with Crippen molar-refractivity contribution in [3.8, 4) is 0 Å². The molecule has 2 rings (SSSR count). The minimum atomic E-state index is 0.961. The molecule has 0 aliphatic heterocycles. The molecule has 0 aromatic rings. The summed E-state index contributed by atoms with van der Waals surface area (Å²) in [5.74, 6) is 4.29. The molecule has 0 amide bonds. The van der Waals surface area contributed by atoms with Gasteiger partial charge in [0.25, 0.3) is 0 Å². The zero-order chi connectivity index (χ0) is 12.1. The van der Waals surface area contributed by atoms with Gasteiger partial charge in [0.15, 0.2) is 0 Å². The van der Waals surface area contributed by atoms with Crippen LogP contribution in [0.15, 0.2) is 0 Å². The van der Waals surface area contributed by atoms with Crippen molar-refractivity contribution in [2.24, 2.45) is 23.7 Å². The topological polar surface area (TPSA) is 0 Å². The molecule has 1 atom stereocenters. The van der Waals surface area contributed by atoms with Gasteiger partial charge in [-0.1, -0.05) is 78.1 Å². The molecule has 0 spiro atoms. The summed E-state index contributed by atoms with van der Waals surface area (Å²) in [6.07, 6.45) is 16.8. The summed E-state index contributed by atoms with van der Waals surface area (Å²) in [5, 5.41) is 0. The third kappa shape index (κ3) is 4.30. The lowest BCUT2D eigenvalue weighted by Gasteiger charge is -2.34. The number of hydrogen-bond acceptors (Lipinski definition) is 0. The van der Waals surface area contributed by atoms with E-state index in [2.05, 4.69) is 13.8 Å². The van der Waals surface area contributed by atoms with Crippen LogP contribution in [0.5, 0.6) is 0 Å². The largest absolute Gasteiger partial charge is 0.0651 e. The van der Waals surface area contributed by atoms with Crippen LogP contribution in [0.2, 0.25) is 0 Å². The van der Waals surface area contributed by atoms with E-state index in [1.807, 2.05) is 0 Å². The Bertz CT molecular complexity index is 196. The van der Waals surface area contributed by atoms with Crippen LogP contribution >= 0.6 is 0 Å². The molecular weight excluding hydrogens is 204 g/mol. The molecule has 2 fully saturated rings. The Labute approximate surface area is 109 Å². The lowest BCUT2D eigenvalue weighted by atomic mass is 9.72.